The van der Waals surface area contributed by atoms with Crippen LogP contribution in [-0.2, 0) is 4.79 Å². The number of nitrogens with zero attached hydrogens (tertiary/aromatic N) is 1. The number of aliphatic hydroxyl groups excluding tert-OH is 1. The summed E-state index contributed by atoms with van der Waals surface area (Å²) in [5.41, 5.74) is 6.84. The molecule has 3 N–H and O–H groups in total. The molecule has 1 heterocycles. The van der Waals surface area contributed by atoms with Gasteiger partial charge in [-0.15, -0.1) is 0 Å². The summed E-state index contributed by atoms with van der Waals surface area (Å²) in [6.45, 7) is 0.460. The highest BCUT2D eigenvalue weighted by atomic mass is 16.3. The third kappa shape index (κ3) is 2.65. The number of hydrogen-bond donors (Lipinski definition) is 2. The number of likely N-dealkylation sites (tertiary alicyclic amines) is 1. The van der Waals surface area contributed by atoms with E-state index in [0.29, 0.717) is 13.0 Å². The minimum absolute atomic E-state index is 0.0189. The third-order valence-corrected chi connectivity index (χ3v) is 3.21. The molecule has 17 heavy (non-hydrogen) atoms. The Bertz CT molecular complexity index is 380. The Morgan fingerprint density at radius 3 is 2.76 bits per heavy atom. The number of nitrogens with two attached hydrogens (primary N) is 1. The zero-order valence-corrected chi connectivity index (χ0v) is 9.75. The fraction of sp³-hybridized carbons (Fsp3) is 0.462. The molecule has 2 atom stereocenters. The minimum atomic E-state index is -0.268. The van der Waals surface area contributed by atoms with Gasteiger partial charge in [0.05, 0.1) is 12.6 Å². The van der Waals surface area contributed by atoms with Crippen LogP contribution in [0.15, 0.2) is 30.3 Å². The average molecular weight is 234 g/mol. The molecular formula is C13H18N2O2. The van der Waals surface area contributed by atoms with E-state index in [1.165, 1.54) is 0 Å². The van der Waals surface area contributed by atoms with Gasteiger partial charge >= 0.3 is 0 Å². The lowest BCUT2D eigenvalue weighted by Crippen LogP contribution is -2.48. The molecule has 1 amide bonds. The fourth-order valence-corrected chi connectivity index (χ4v) is 2.26. The van der Waals surface area contributed by atoms with Gasteiger partial charge in [0, 0.05) is 19.0 Å². The van der Waals surface area contributed by atoms with Gasteiger partial charge in [-0.2, -0.15) is 0 Å². The SMILES string of the molecule is NC1CCC(=O)N(C(CO)c2ccccc2)C1. The van der Waals surface area contributed by atoms with Crippen molar-refractivity contribution < 1.29 is 9.90 Å². The highest BCUT2D eigenvalue weighted by molar-refractivity contribution is 5.77. The Morgan fingerprint density at radius 1 is 1.41 bits per heavy atom. The van der Waals surface area contributed by atoms with Gasteiger partial charge in [0.2, 0.25) is 5.91 Å². The lowest BCUT2D eigenvalue weighted by atomic mass is 10.00. The monoisotopic (exact) mass is 234 g/mol. The van der Waals surface area contributed by atoms with Crippen molar-refractivity contribution in [1.29, 1.82) is 0 Å². The van der Waals surface area contributed by atoms with Gasteiger partial charge < -0.3 is 15.7 Å². The van der Waals surface area contributed by atoms with Crippen LogP contribution in [0.1, 0.15) is 24.4 Å². The van der Waals surface area contributed by atoms with Crippen LogP contribution in [0.5, 0.6) is 0 Å². The molecule has 0 aliphatic carbocycles. The lowest BCUT2D eigenvalue weighted by molar-refractivity contribution is -0.137. The predicted octanol–water partition coefficient (Wildman–Crippen LogP) is 0.670. The zero-order chi connectivity index (χ0) is 12.3. The van der Waals surface area contributed by atoms with Crippen molar-refractivity contribution in [1.82, 2.24) is 4.90 Å². The van der Waals surface area contributed by atoms with E-state index < -0.39 is 0 Å². The molecule has 0 spiro atoms. The Hall–Kier alpha value is -1.39. The summed E-state index contributed by atoms with van der Waals surface area (Å²) in [5, 5.41) is 9.50. The molecule has 92 valence electrons. The number of carbonyl (C=O) groups is 1. The van der Waals surface area contributed by atoms with E-state index >= 15 is 0 Å². The summed E-state index contributed by atoms with van der Waals surface area (Å²) in [7, 11) is 0. The first-order valence-corrected chi connectivity index (χ1v) is 5.93. The molecule has 0 saturated carbocycles. The number of carbonyl (C=O) groups excluding carboxylic acids is 1. The maximum atomic E-state index is 11.9. The summed E-state index contributed by atoms with van der Waals surface area (Å²) in [6.07, 6.45) is 1.22. The molecule has 1 saturated heterocycles. The molecule has 1 aliphatic heterocycles. The Balaban J connectivity index is 2.20. The molecule has 1 fully saturated rings. The highest BCUT2D eigenvalue weighted by Gasteiger charge is 2.29. The molecule has 2 rings (SSSR count). The summed E-state index contributed by atoms with van der Waals surface area (Å²) in [6, 6.07) is 9.34. The van der Waals surface area contributed by atoms with Crippen LogP contribution >= 0.6 is 0 Å². The maximum absolute atomic E-state index is 11.9. The third-order valence-electron chi connectivity index (χ3n) is 3.21. The van der Waals surface area contributed by atoms with Gasteiger partial charge in [0.25, 0.3) is 0 Å². The van der Waals surface area contributed by atoms with Gasteiger partial charge in [-0.1, -0.05) is 30.3 Å². The van der Waals surface area contributed by atoms with E-state index in [-0.39, 0.29) is 24.6 Å². The standard InChI is InChI=1S/C13H18N2O2/c14-11-6-7-13(17)15(8-11)12(9-16)10-4-2-1-3-5-10/h1-5,11-12,16H,6-9,14H2. The molecule has 1 aromatic rings. The topological polar surface area (TPSA) is 66.6 Å². The second-order valence-electron chi connectivity index (χ2n) is 4.45. The van der Waals surface area contributed by atoms with Crippen LogP contribution in [0, 0.1) is 0 Å². The summed E-state index contributed by atoms with van der Waals surface area (Å²) in [5.74, 6) is 0.0783. The number of aliphatic hydroxyl groups is 1. The van der Waals surface area contributed by atoms with Crippen LogP contribution in [-0.4, -0.2) is 35.1 Å². The van der Waals surface area contributed by atoms with Crippen molar-refractivity contribution in [2.75, 3.05) is 13.2 Å². The lowest BCUT2D eigenvalue weighted by Gasteiger charge is -2.36. The fourth-order valence-electron chi connectivity index (χ4n) is 2.26. The maximum Gasteiger partial charge on any atom is 0.223 e. The number of amides is 1. The van der Waals surface area contributed by atoms with Gasteiger partial charge in [-0.25, -0.2) is 0 Å². The van der Waals surface area contributed by atoms with Gasteiger partial charge in [0.1, 0.15) is 0 Å². The first-order valence-electron chi connectivity index (χ1n) is 5.93. The zero-order valence-electron chi connectivity index (χ0n) is 9.75. The van der Waals surface area contributed by atoms with Crippen molar-refractivity contribution in [3.8, 4) is 0 Å². The molecular weight excluding hydrogens is 216 g/mol. The first-order chi connectivity index (χ1) is 8.22. The smallest absolute Gasteiger partial charge is 0.223 e. The number of hydrogen-bond acceptors (Lipinski definition) is 3. The van der Waals surface area contributed by atoms with Crippen molar-refractivity contribution >= 4 is 5.91 Å². The number of rotatable bonds is 3. The molecule has 4 nitrogen and oxygen atoms in total. The molecule has 0 radical (unpaired) electrons. The van der Waals surface area contributed by atoms with Crippen LogP contribution in [0.2, 0.25) is 0 Å². The number of piperidine rings is 1. The molecule has 2 unspecified atom stereocenters. The van der Waals surface area contributed by atoms with Crippen molar-refractivity contribution in [2.24, 2.45) is 5.73 Å². The molecule has 1 aliphatic rings. The average Bonchev–Trinajstić information content (AvgIpc) is 2.36. The summed E-state index contributed by atoms with van der Waals surface area (Å²) < 4.78 is 0. The van der Waals surface area contributed by atoms with Crippen LogP contribution in [0.4, 0.5) is 0 Å². The van der Waals surface area contributed by atoms with E-state index in [4.69, 9.17) is 5.73 Å². The van der Waals surface area contributed by atoms with Crippen molar-refractivity contribution in [3.05, 3.63) is 35.9 Å². The summed E-state index contributed by atoms with van der Waals surface area (Å²) in [4.78, 5) is 13.6. The van der Waals surface area contributed by atoms with E-state index in [2.05, 4.69) is 0 Å². The second-order valence-corrected chi connectivity index (χ2v) is 4.45. The van der Waals surface area contributed by atoms with Gasteiger partial charge in [-0.3, -0.25) is 4.79 Å². The Labute approximate surface area is 101 Å². The minimum Gasteiger partial charge on any atom is -0.394 e. The van der Waals surface area contributed by atoms with Crippen LogP contribution < -0.4 is 5.73 Å². The van der Waals surface area contributed by atoms with Gasteiger partial charge in [-0.05, 0) is 12.0 Å². The summed E-state index contributed by atoms with van der Waals surface area (Å²) >= 11 is 0. The molecule has 0 bridgehead atoms. The molecule has 0 aromatic heterocycles. The second kappa shape index (κ2) is 5.29. The van der Waals surface area contributed by atoms with Crippen molar-refractivity contribution in [3.63, 3.8) is 0 Å². The van der Waals surface area contributed by atoms with Crippen molar-refractivity contribution in [2.45, 2.75) is 24.9 Å². The predicted molar refractivity (Wildman–Crippen MR) is 65.2 cm³/mol. The first kappa shape index (κ1) is 12.1. The number of benzene rings is 1. The Morgan fingerprint density at radius 2 is 2.12 bits per heavy atom. The van der Waals surface area contributed by atoms with E-state index in [1.54, 1.807) is 4.90 Å². The normalized spacial score (nSPS) is 22.6. The van der Waals surface area contributed by atoms with Crippen LogP contribution in [0.3, 0.4) is 0 Å². The highest BCUT2D eigenvalue weighted by Crippen LogP contribution is 2.24. The molecule has 1 aromatic carbocycles. The molecule has 4 heteroatoms. The largest absolute Gasteiger partial charge is 0.394 e. The van der Waals surface area contributed by atoms with E-state index in [9.17, 15) is 9.90 Å². The van der Waals surface area contributed by atoms with E-state index in [0.717, 1.165) is 12.0 Å². The Kier molecular flexibility index (Phi) is 3.76. The van der Waals surface area contributed by atoms with Crippen LogP contribution in [0.25, 0.3) is 0 Å². The van der Waals surface area contributed by atoms with Gasteiger partial charge in [0.15, 0.2) is 0 Å². The quantitative estimate of drug-likeness (QED) is 0.807. The van der Waals surface area contributed by atoms with E-state index in [1.807, 2.05) is 30.3 Å².